The van der Waals surface area contributed by atoms with E-state index in [-0.39, 0.29) is 131 Å². The third-order valence-corrected chi connectivity index (χ3v) is 21.9. The van der Waals surface area contributed by atoms with Gasteiger partial charge < -0.3 is 59.8 Å². The normalized spacial score (nSPS) is 15.2. The van der Waals surface area contributed by atoms with E-state index in [1.807, 2.05) is 116 Å². The second kappa shape index (κ2) is 48.4. The lowest BCUT2D eigenvalue weighted by molar-refractivity contribution is -0.194. The van der Waals surface area contributed by atoms with Crippen LogP contribution in [0.5, 0.6) is 23.3 Å². The summed E-state index contributed by atoms with van der Waals surface area (Å²) in [4.78, 5) is 210. The lowest BCUT2D eigenvalue weighted by atomic mass is 10.1. The number of hydrogen-bond acceptors (Lipinski definition) is 33. The van der Waals surface area contributed by atoms with Crippen molar-refractivity contribution in [3.63, 3.8) is 0 Å². The molecule has 1 aliphatic carbocycles. The lowest BCUT2D eigenvalue weighted by Crippen LogP contribution is -2.33. The number of carbonyl (C=O) groups excluding carboxylic acids is 7. The standard InChI is InChI=1S/C25H27N5O7.C23H23N5O3.C21H20N4O3.C10H11N5O3.C10H16O5.C8H9N5O2/c1-4-10-29-20-21(27-24(26-14(2)31)28-22(20)33)30(25(29)35)18-11-16(12-19(18)37-15(3)32)13-36-23(34)17-8-6-5-7-9-17;1-3-13-27-19-20(28(23(27)29)14-16-9-11-18(30-2)12-10-16)25-22(24)26-21(19)31-15-17-7-5-4-6-8-17;1-27-16-9-7-14(8-10-16)12-25-18(26)11-17-19(25)23-21(22)24-20(17)28-13-15-5-3-2-4-6-15;1-3-4-15-6-7(13-10(15)18)12-9(11-5(2)16)14-8(6)17;1-4-8-5-9(13-6(2)11)10(15-8)14-7(3)12;1-2-3-13-4-5(11-8(13)15)10-7(9)12-6(4)14/h4-9,16,18-19H,1,10-13H2,2-3H3,(H2,26,27,28,31,33);3-12H,1,13-15H2,2H3,(H2,24,25,26);2-10H,11-13H2,1H3,(H2,22,23,24);3H,1,4H2,2H3,(H3,11,12,13,14,16,17,18);8-10H,4-5H2,1-3H3;2H,1,3H2,(H4,9,10,11,12,14,15)/t16-,18+,19+;;;;8-,9-,10?;/m0...1./s1. The van der Waals surface area contributed by atoms with Crippen LogP contribution in [0.3, 0.4) is 0 Å². The zero-order valence-electron chi connectivity index (χ0n) is 79.7. The van der Waals surface area contributed by atoms with Gasteiger partial charge in [0.05, 0.1) is 63.6 Å². The molecule has 14 aromatic rings. The Morgan fingerprint density at radius 2 is 0.958 bits per heavy atom. The Morgan fingerprint density at radius 3 is 1.49 bits per heavy atom. The van der Waals surface area contributed by atoms with Crippen LogP contribution in [0.15, 0.2) is 224 Å². The predicted octanol–water partition coefficient (Wildman–Crippen LogP) is 7.25. The van der Waals surface area contributed by atoms with E-state index in [2.05, 4.69) is 96.8 Å². The number of benzene rings is 5. The minimum atomic E-state index is -0.753. The zero-order valence-corrected chi connectivity index (χ0v) is 79.7. The molecule has 47 heteroatoms. The Bertz CT molecular complexity index is 7500. The van der Waals surface area contributed by atoms with Crippen molar-refractivity contribution in [3.05, 3.63) is 297 Å². The summed E-state index contributed by atoms with van der Waals surface area (Å²) in [6, 6.07) is 42.4. The van der Waals surface area contributed by atoms with Gasteiger partial charge in [0.25, 0.3) is 16.7 Å². The summed E-state index contributed by atoms with van der Waals surface area (Å²) in [5, 5.41) is 4.76. The minimum absolute atomic E-state index is 0.000433. The quantitative estimate of drug-likeness (QED) is 0.0120. The topological polar surface area (TPSA) is 626 Å². The smallest absolute Gasteiger partial charge is 0.338 e. The molecule has 0 radical (unpaired) electrons. The number of esters is 4. The molecule has 11 heterocycles. The highest BCUT2D eigenvalue weighted by molar-refractivity contribution is 6.01. The highest BCUT2D eigenvalue weighted by Gasteiger charge is 2.43. The maximum atomic E-state index is 13.5. The van der Waals surface area contributed by atoms with Gasteiger partial charge in [-0.3, -0.25) is 111 Å². The van der Waals surface area contributed by atoms with Gasteiger partial charge in [0.1, 0.15) is 36.6 Å². The van der Waals surface area contributed by atoms with Gasteiger partial charge in [0.2, 0.25) is 65.5 Å². The molecular weight excluding hydrogens is 1870 g/mol. The Labute approximate surface area is 817 Å². The molecule has 9 aromatic heterocycles. The number of nitrogens with zero attached hydrogens (tertiary/aromatic N) is 14. The van der Waals surface area contributed by atoms with Gasteiger partial charge in [-0.15, -0.1) is 26.3 Å². The molecule has 1 unspecified atom stereocenters. The van der Waals surface area contributed by atoms with Gasteiger partial charge in [0, 0.05) is 67.2 Å². The first-order chi connectivity index (χ1) is 69.1. The van der Waals surface area contributed by atoms with E-state index in [4.69, 9.17) is 59.8 Å². The number of anilines is 6. The van der Waals surface area contributed by atoms with Crippen LogP contribution in [0.4, 0.5) is 35.6 Å². The molecule has 3 aliphatic rings. The van der Waals surface area contributed by atoms with E-state index < -0.39 is 88.1 Å². The van der Waals surface area contributed by atoms with E-state index in [1.165, 1.54) is 71.1 Å². The van der Waals surface area contributed by atoms with Crippen molar-refractivity contribution in [3.8, 4) is 23.3 Å². The number of nitrogens with one attached hydrogen (secondary N) is 7. The van der Waals surface area contributed by atoms with Crippen LogP contribution in [0, 0.1) is 5.92 Å². The van der Waals surface area contributed by atoms with Crippen LogP contribution < -0.4 is 91.1 Å². The highest BCUT2D eigenvalue weighted by atomic mass is 16.7. The zero-order chi connectivity index (χ0) is 104. The first kappa shape index (κ1) is 105. The summed E-state index contributed by atoms with van der Waals surface area (Å²) in [6.45, 7) is 25.0. The molecule has 5 aromatic carbocycles. The average molecular weight is 1980 g/mol. The number of hydrogen-bond donors (Lipinski definition) is 10. The third kappa shape index (κ3) is 26.2. The molecular formula is C97H106N24O23. The predicted molar refractivity (Wildman–Crippen MR) is 529 cm³/mol. The minimum Gasteiger partial charge on any atom is -0.497 e. The highest BCUT2D eigenvalue weighted by Crippen LogP contribution is 2.40. The van der Waals surface area contributed by atoms with Crippen LogP contribution in [0.25, 0.3) is 44.7 Å². The number of carbonyl (C=O) groups is 7. The second-order valence-corrected chi connectivity index (χ2v) is 32.4. The monoisotopic (exact) mass is 1970 g/mol. The number of methoxy groups -OCH3 is 2. The molecule has 0 bridgehead atoms. The van der Waals surface area contributed by atoms with Crippen molar-refractivity contribution in [1.29, 1.82) is 0 Å². The van der Waals surface area contributed by atoms with Crippen molar-refractivity contribution in [2.24, 2.45) is 5.92 Å². The molecule has 752 valence electrons. The molecule has 144 heavy (non-hydrogen) atoms. The number of nitrogen functional groups attached to an aromatic ring is 3. The first-order valence-electron chi connectivity index (χ1n) is 44.8. The number of ether oxygens (including phenoxy) is 9. The van der Waals surface area contributed by atoms with Crippen LogP contribution in [-0.2, 0) is 111 Å². The Kier molecular flexibility index (Phi) is 35.2. The van der Waals surface area contributed by atoms with Gasteiger partial charge in [-0.05, 0) is 83.8 Å². The fourth-order valence-corrected chi connectivity index (χ4v) is 15.7. The largest absolute Gasteiger partial charge is 0.497 e. The van der Waals surface area contributed by atoms with Crippen molar-refractivity contribution in [2.45, 2.75) is 157 Å². The van der Waals surface area contributed by atoms with E-state index >= 15 is 0 Å². The van der Waals surface area contributed by atoms with Gasteiger partial charge in [-0.2, -0.15) is 34.9 Å². The lowest BCUT2D eigenvalue weighted by Gasteiger charge is -2.20. The fourth-order valence-electron chi connectivity index (χ4n) is 15.7. The molecule has 6 atom stereocenters. The van der Waals surface area contributed by atoms with Crippen LogP contribution in [-0.4, -0.2) is 174 Å². The molecule has 17 rings (SSSR count). The number of aromatic nitrogens is 18. The molecule has 2 fully saturated rings. The number of aromatic amines is 5. The number of allylic oxidation sites excluding steroid dienone is 4. The summed E-state index contributed by atoms with van der Waals surface area (Å²) in [5.74, 6) is -0.370. The number of rotatable bonds is 30. The maximum absolute atomic E-state index is 13.5. The fraction of sp³-hybridized carbons (Fsp3) is 0.289. The van der Waals surface area contributed by atoms with E-state index in [1.54, 1.807) is 64.7 Å². The maximum Gasteiger partial charge on any atom is 0.338 e. The number of H-pyrrole nitrogens is 5. The van der Waals surface area contributed by atoms with Crippen molar-refractivity contribution < 1.29 is 76.2 Å². The summed E-state index contributed by atoms with van der Waals surface area (Å²) in [7, 11) is 3.23. The summed E-state index contributed by atoms with van der Waals surface area (Å²) >= 11 is 0. The van der Waals surface area contributed by atoms with Crippen LogP contribution in [0.2, 0.25) is 0 Å². The van der Waals surface area contributed by atoms with Crippen molar-refractivity contribution in [2.75, 3.05) is 53.6 Å². The summed E-state index contributed by atoms with van der Waals surface area (Å²) < 4.78 is 56.7. The molecule has 13 N–H and O–H groups in total. The summed E-state index contributed by atoms with van der Waals surface area (Å²) in [6.07, 6.45) is 6.37. The van der Waals surface area contributed by atoms with Crippen LogP contribution in [0.1, 0.15) is 111 Å². The molecule has 3 amide bonds. The molecule has 1 saturated heterocycles. The Morgan fingerprint density at radius 1 is 0.479 bits per heavy atom. The Hall–Kier alpha value is -18.2. The van der Waals surface area contributed by atoms with Crippen LogP contribution >= 0.6 is 0 Å². The number of fused-ring (bicyclic) bond motifs is 5. The van der Waals surface area contributed by atoms with E-state index in [9.17, 15) is 67.1 Å². The number of imidazole rings is 4. The van der Waals surface area contributed by atoms with E-state index in [0.29, 0.717) is 86.1 Å². The number of amides is 3. The van der Waals surface area contributed by atoms with Gasteiger partial charge >= 0.3 is 46.6 Å². The first-order valence-corrected chi connectivity index (χ1v) is 44.8. The molecule has 2 aliphatic heterocycles. The molecule has 0 spiro atoms. The van der Waals surface area contributed by atoms with Gasteiger partial charge in [-0.25, -0.2) is 24.0 Å². The van der Waals surface area contributed by atoms with E-state index in [0.717, 1.165) is 40.2 Å². The number of nitrogens with two attached hydrogens (primary N) is 3. The average Bonchev–Trinajstić information content (AvgIpc) is 1.58. The third-order valence-electron chi connectivity index (χ3n) is 21.9. The second-order valence-electron chi connectivity index (χ2n) is 32.4. The van der Waals surface area contributed by atoms with Crippen molar-refractivity contribution in [1.82, 2.24) is 87.2 Å². The SMILES string of the molecule is C=CCn1c(=O)[nH]c2nc(N)[nH]c(=O)c21.C=CCn1c(=O)[nH]c2nc(NC(C)=O)[nH]c(=O)c21.C=CCn1c(=O)n(Cc2ccc(OC)cc2)c2nc(N)nc(OCc3ccccc3)c21.C=CCn1c(=O)n([C@@H]2C[C@H](COC(=O)c3ccccc3)C[C@H]2OC(C)=O)c2nc(NC(C)=O)[nH]c(=O)c21.CC[C@@H]1C[C@@H](OC(C)=O)C(OC(C)=O)O1.COc1ccc(CN2C(=O)Cc3c(OCc4ccccc4)nc(N)nc32)cc1. The molecule has 47 nitrogen and oxygen atoms in total. The Balaban J connectivity index is 0.000000159. The van der Waals surface area contributed by atoms with Gasteiger partial charge in [-0.1, -0.05) is 134 Å². The van der Waals surface area contributed by atoms with Crippen molar-refractivity contribution >= 4 is 122 Å². The van der Waals surface area contributed by atoms with Gasteiger partial charge in [0.15, 0.2) is 50.8 Å². The molecule has 1 saturated carbocycles. The summed E-state index contributed by atoms with van der Waals surface area (Å²) in [5.41, 5.74) is 20.4.